The van der Waals surface area contributed by atoms with Gasteiger partial charge in [-0.15, -0.1) is 0 Å². The Balaban J connectivity index is 2.58. The molecule has 0 unspecified atom stereocenters. The van der Waals surface area contributed by atoms with Crippen LogP contribution in [-0.2, 0) is 7.05 Å². The normalized spacial score (nSPS) is 11.4. The van der Waals surface area contributed by atoms with Gasteiger partial charge in [0, 0.05) is 47.5 Å². The minimum atomic E-state index is 0.740. The average molecular weight is 293 g/mol. The lowest BCUT2D eigenvalue weighted by molar-refractivity contribution is 1.00. The lowest BCUT2D eigenvalue weighted by atomic mass is 10.1. The van der Waals surface area contributed by atoms with Crippen LogP contribution in [0.2, 0.25) is 10.0 Å². The van der Waals surface area contributed by atoms with Gasteiger partial charge in [-0.1, -0.05) is 23.2 Å². The van der Waals surface area contributed by atoms with Gasteiger partial charge < -0.3 is 9.47 Å². The molecule has 2 nitrogen and oxygen atoms in total. The number of fused-ring (bicyclic) bond motifs is 3. The molecular weight excluding hydrogens is 279 g/mol. The SMILES string of the molecule is CN(C)c1cc(Cl)cc2c3cc(Cl)ccc3n(C)c12. The van der Waals surface area contributed by atoms with Crippen LogP contribution in [0.4, 0.5) is 5.69 Å². The van der Waals surface area contributed by atoms with Crippen LogP contribution >= 0.6 is 23.2 Å². The first-order valence-corrected chi connectivity index (χ1v) is 6.79. The first-order chi connectivity index (χ1) is 8.99. The van der Waals surface area contributed by atoms with Gasteiger partial charge in [0.05, 0.1) is 11.2 Å². The Bertz CT molecular complexity index is 788. The number of nitrogens with zero attached hydrogens (tertiary/aromatic N) is 2. The van der Waals surface area contributed by atoms with Gasteiger partial charge >= 0.3 is 0 Å². The molecule has 98 valence electrons. The lowest BCUT2D eigenvalue weighted by Gasteiger charge is -2.15. The summed E-state index contributed by atoms with van der Waals surface area (Å²) in [7, 11) is 6.12. The topological polar surface area (TPSA) is 8.17 Å². The molecule has 0 N–H and O–H groups in total. The van der Waals surface area contributed by atoms with Crippen molar-refractivity contribution < 1.29 is 0 Å². The van der Waals surface area contributed by atoms with Crippen LogP contribution in [0, 0.1) is 0 Å². The Morgan fingerprint density at radius 2 is 1.63 bits per heavy atom. The minimum absolute atomic E-state index is 0.740. The van der Waals surface area contributed by atoms with Crippen molar-refractivity contribution in [3.05, 3.63) is 40.4 Å². The average Bonchev–Trinajstić information content (AvgIpc) is 2.62. The van der Waals surface area contributed by atoms with E-state index < -0.39 is 0 Å². The van der Waals surface area contributed by atoms with E-state index in [1.54, 1.807) is 0 Å². The number of rotatable bonds is 1. The number of anilines is 1. The van der Waals surface area contributed by atoms with Gasteiger partial charge in [0.2, 0.25) is 0 Å². The fourth-order valence-electron chi connectivity index (χ4n) is 2.62. The Labute approximate surface area is 122 Å². The summed E-state index contributed by atoms with van der Waals surface area (Å²) in [6.07, 6.45) is 0. The highest BCUT2D eigenvalue weighted by Gasteiger charge is 2.14. The van der Waals surface area contributed by atoms with Crippen LogP contribution < -0.4 is 4.90 Å². The monoisotopic (exact) mass is 292 g/mol. The Hall–Kier alpha value is -1.38. The van der Waals surface area contributed by atoms with Gasteiger partial charge in [0.25, 0.3) is 0 Å². The number of halogens is 2. The summed E-state index contributed by atoms with van der Waals surface area (Å²) in [6.45, 7) is 0. The molecule has 1 aromatic heterocycles. The van der Waals surface area contributed by atoms with E-state index in [1.165, 1.54) is 5.52 Å². The van der Waals surface area contributed by atoms with Crippen molar-refractivity contribution in [2.45, 2.75) is 0 Å². The molecule has 0 amide bonds. The minimum Gasteiger partial charge on any atom is -0.376 e. The molecule has 19 heavy (non-hydrogen) atoms. The number of aromatic nitrogens is 1. The largest absolute Gasteiger partial charge is 0.376 e. The summed E-state index contributed by atoms with van der Waals surface area (Å²) >= 11 is 12.4. The third-order valence-electron chi connectivity index (χ3n) is 3.48. The maximum Gasteiger partial charge on any atom is 0.0727 e. The molecular formula is C15H14Cl2N2. The third-order valence-corrected chi connectivity index (χ3v) is 3.94. The Morgan fingerprint density at radius 3 is 2.32 bits per heavy atom. The van der Waals surface area contributed by atoms with Gasteiger partial charge in [-0.2, -0.15) is 0 Å². The second-order valence-corrected chi connectivity index (χ2v) is 5.81. The fraction of sp³-hybridized carbons (Fsp3) is 0.200. The van der Waals surface area contributed by atoms with E-state index in [9.17, 15) is 0 Å². The maximum atomic E-state index is 6.25. The first kappa shape index (κ1) is 12.6. The molecule has 0 atom stereocenters. The van der Waals surface area contributed by atoms with Crippen LogP contribution in [-0.4, -0.2) is 18.7 Å². The highest BCUT2D eigenvalue weighted by atomic mass is 35.5. The van der Waals surface area contributed by atoms with E-state index in [1.807, 2.05) is 44.4 Å². The molecule has 0 aliphatic rings. The molecule has 0 aliphatic heterocycles. The van der Waals surface area contributed by atoms with E-state index in [0.29, 0.717) is 0 Å². The molecule has 1 heterocycles. The number of hydrogen-bond acceptors (Lipinski definition) is 1. The number of benzene rings is 2. The zero-order chi connectivity index (χ0) is 13.7. The van der Waals surface area contributed by atoms with E-state index in [0.717, 1.165) is 32.0 Å². The van der Waals surface area contributed by atoms with Crippen molar-refractivity contribution in [2.24, 2.45) is 7.05 Å². The molecule has 0 spiro atoms. The zero-order valence-electron chi connectivity index (χ0n) is 11.0. The predicted octanol–water partition coefficient (Wildman–Crippen LogP) is 4.70. The van der Waals surface area contributed by atoms with Crippen molar-refractivity contribution in [1.82, 2.24) is 4.57 Å². The molecule has 0 radical (unpaired) electrons. The van der Waals surface area contributed by atoms with E-state index in [2.05, 4.69) is 16.5 Å². The molecule has 4 heteroatoms. The van der Waals surface area contributed by atoms with Gasteiger partial charge in [-0.3, -0.25) is 0 Å². The van der Waals surface area contributed by atoms with Crippen LogP contribution in [0.3, 0.4) is 0 Å². The van der Waals surface area contributed by atoms with E-state index in [-0.39, 0.29) is 0 Å². The summed E-state index contributed by atoms with van der Waals surface area (Å²) < 4.78 is 2.19. The third kappa shape index (κ3) is 1.87. The smallest absolute Gasteiger partial charge is 0.0727 e. The van der Waals surface area contributed by atoms with Crippen LogP contribution in [0.5, 0.6) is 0 Å². The van der Waals surface area contributed by atoms with Crippen molar-refractivity contribution >= 4 is 50.7 Å². The second kappa shape index (κ2) is 4.32. The van der Waals surface area contributed by atoms with Gasteiger partial charge in [-0.05, 0) is 30.3 Å². The highest BCUT2D eigenvalue weighted by molar-refractivity contribution is 6.34. The molecule has 0 aliphatic carbocycles. The van der Waals surface area contributed by atoms with Crippen LogP contribution in [0.1, 0.15) is 0 Å². The van der Waals surface area contributed by atoms with E-state index in [4.69, 9.17) is 23.2 Å². The second-order valence-electron chi connectivity index (χ2n) is 4.94. The summed E-state index contributed by atoms with van der Waals surface area (Å²) in [5.74, 6) is 0. The quantitative estimate of drug-likeness (QED) is 0.631. The Morgan fingerprint density at radius 1 is 0.947 bits per heavy atom. The summed E-state index contributed by atoms with van der Waals surface area (Å²) in [5, 5.41) is 3.75. The fourth-order valence-corrected chi connectivity index (χ4v) is 3.01. The summed E-state index contributed by atoms with van der Waals surface area (Å²) in [5.41, 5.74) is 3.44. The summed E-state index contributed by atoms with van der Waals surface area (Å²) in [4.78, 5) is 2.08. The zero-order valence-corrected chi connectivity index (χ0v) is 12.5. The van der Waals surface area contributed by atoms with Gasteiger partial charge in [0.15, 0.2) is 0 Å². The number of hydrogen-bond donors (Lipinski definition) is 0. The highest BCUT2D eigenvalue weighted by Crippen LogP contribution is 2.37. The molecule has 0 fully saturated rings. The molecule has 0 saturated carbocycles. The lowest BCUT2D eigenvalue weighted by Crippen LogP contribution is -2.10. The van der Waals surface area contributed by atoms with Crippen molar-refractivity contribution in [1.29, 1.82) is 0 Å². The van der Waals surface area contributed by atoms with Gasteiger partial charge in [-0.25, -0.2) is 0 Å². The molecule has 2 aromatic carbocycles. The van der Waals surface area contributed by atoms with Crippen molar-refractivity contribution in [2.75, 3.05) is 19.0 Å². The van der Waals surface area contributed by atoms with Gasteiger partial charge in [0.1, 0.15) is 0 Å². The Kier molecular flexibility index (Phi) is 2.88. The molecule has 0 saturated heterocycles. The number of aryl methyl sites for hydroxylation is 1. The molecule has 0 bridgehead atoms. The first-order valence-electron chi connectivity index (χ1n) is 6.03. The van der Waals surface area contributed by atoms with Crippen LogP contribution in [0.15, 0.2) is 30.3 Å². The molecule has 3 aromatic rings. The predicted molar refractivity (Wildman–Crippen MR) is 84.8 cm³/mol. The van der Waals surface area contributed by atoms with Crippen molar-refractivity contribution in [3.8, 4) is 0 Å². The standard InChI is InChI=1S/C15H14Cl2N2/c1-18(2)14-8-10(17)7-12-11-6-9(16)4-5-13(11)19(3)15(12)14/h4-8H,1-3H3. The van der Waals surface area contributed by atoms with Crippen LogP contribution in [0.25, 0.3) is 21.8 Å². The van der Waals surface area contributed by atoms with Crippen molar-refractivity contribution in [3.63, 3.8) is 0 Å². The molecule has 3 rings (SSSR count). The van der Waals surface area contributed by atoms with E-state index >= 15 is 0 Å². The summed E-state index contributed by atoms with van der Waals surface area (Å²) in [6, 6.07) is 9.95. The maximum absolute atomic E-state index is 6.25.